The molecule has 6 aromatic carbocycles. The van der Waals surface area contributed by atoms with Gasteiger partial charge in [-0.2, -0.15) is 0 Å². The molecule has 6 aromatic rings. The summed E-state index contributed by atoms with van der Waals surface area (Å²) >= 11 is 0. The summed E-state index contributed by atoms with van der Waals surface area (Å²) < 4.78 is 23.3. The zero-order valence-corrected chi connectivity index (χ0v) is 31.8. The average molecular weight is 783 g/mol. The summed E-state index contributed by atoms with van der Waals surface area (Å²) in [4.78, 5) is 58.6. The third-order valence-electron chi connectivity index (χ3n) is 9.10. The Bertz CT molecular complexity index is 2510. The number of ether oxygens (including phenoxy) is 4. The predicted octanol–water partition coefficient (Wildman–Crippen LogP) is 9.22. The van der Waals surface area contributed by atoms with E-state index in [9.17, 15) is 19.2 Å². The minimum atomic E-state index is -0.728. The Kier molecular flexibility index (Phi) is 12.9. The molecule has 1 aliphatic heterocycles. The van der Waals surface area contributed by atoms with Gasteiger partial charge in [0, 0.05) is 23.8 Å². The van der Waals surface area contributed by atoms with Crippen molar-refractivity contribution in [2.24, 2.45) is 4.99 Å². The Hall–Kier alpha value is -7.85. The molecule has 0 aliphatic carbocycles. The quantitative estimate of drug-likeness (QED) is 0.0807. The van der Waals surface area contributed by atoms with Crippen molar-refractivity contribution in [3.63, 3.8) is 0 Å². The van der Waals surface area contributed by atoms with E-state index in [1.165, 1.54) is 36.5 Å². The van der Waals surface area contributed by atoms with Gasteiger partial charge < -0.3 is 24.3 Å². The summed E-state index contributed by atoms with van der Waals surface area (Å²) in [6.07, 6.45) is 4.99. The Morgan fingerprint density at radius 3 is 1.78 bits per heavy atom. The summed E-state index contributed by atoms with van der Waals surface area (Å²) in [5.74, 6) is -1.46. The van der Waals surface area contributed by atoms with Crippen molar-refractivity contribution in [3.8, 4) is 11.5 Å². The standard InChI is InChI=1S/C49H38N2O8/c52-46(45-41(49(55)58-33-36-16-8-3-9-17-36)18-10-19-44(45)57-32-35-14-6-2-7-15-35)37-21-23-39(24-22-37)48(54)59-43-20-11-29-50-30-42(43)51-47(53)38-25-27-40(28-26-38)56-31-34-12-4-1-5-13-34/h1-10,12-30H,11,31-33H2,(H,51,53). The molecule has 1 N–H and O–H groups in total. The first-order valence-electron chi connectivity index (χ1n) is 18.8. The summed E-state index contributed by atoms with van der Waals surface area (Å²) in [7, 11) is 0. The molecule has 10 heteroatoms. The van der Waals surface area contributed by atoms with E-state index in [0.29, 0.717) is 24.3 Å². The molecular weight excluding hydrogens is 745 g/mol. The number of rotatable bonds is 15. The van der Waals surface area contributed by atoms with Crippen molar-refractivity contribution < 1.29 is 38.1 Å². The number of carbonyl (C=O) groups excluding carboxylic acids is 4. The fourth-order valence-electron chi connectivity index (χ4n) is 6.00. The number of benzene rings is 6. The number of ketones is 1. The first-order chi connectivity index (χ1) is 28.9. The van der Waals surface area contributed by atoms with Gasteiger partial charge in [0.15, 0.2) is 11.5 Å². The van der Waals surface area contributed by atoms with Crippen molar-refractivity contribution in [1.82, 2.24) is 5.32 Å². The molecular formula is C49H38N2O8. The minimum Gasteiger partial charge on any atom is -0.489 e. The van der Waals surface area contributed by atoms with Gasteiger partial charge in [0.2, 0.25) is 0 Å². The molecule has 0 aromatic heterocycles. The van der Waals surface area contributed by atoms with Crippen molar-refractivity contribution in [2.45, 2.75) is 26.2 Å². The van der Waals surface area contributed by atoms with Crippen LogP contribution < -0.4 is 14.8 Å². The monoisotopic (exact) mass is 782 g/mol. The van der Waals surface area contributed by atoms with E-state index in [1.807, 2.05) is 91.0 Å². The van der Waals surface area contributed by atoms with E-state index >= 15 is 0 Å². The molecule has 7 rings (SSSR count). The highest BCUT2D eigenvalue weighted by atomic mass is 16.5. The van der Waals surface area contributed by atoms with Gasteiger partial charge in [0.25, 0.3) is 5.91 Å². The largest absolute Gasteiger partial charge is 0.489 e. The van der Waals surface area contributed by atoms with Gasteiger partial charge in [-0.15, -0.1) is 0 Å². The summed E-state index contributed by atoms with van der Waals surface area (Å²) in [5.41, 5.74) is 3.63. The molecule has 1 heterocycles. The van der Waals surface area contributed by atoms with Crippen LogP contribution in [0.4, 0.5) is 0 Å². The SMILES string of the molecule is O=C(NC1=CN=CCC=C1OC(=O)c1ccc(C(=O)c2c(OCc3ccccc3)cccc2C(=O)OCc2ccccc2)cc1)c1ccc(OCc2ccccc2)cc1. The zero-order chi connectivity index (χ0) is 40.8. The number of aliphatic imine (C=N–C) groups is 1. The van der Waals surface area contributed by atoms with Crippen LogP contribution in [0.2, 0.25) is 0 Å². The second kappa shape index (κ2) is 19.3. The first kappa shape index (κ1) is 39.4. The Labute approximate surface area is 341 Å². The van der Waals surface area contributed by atoms with E-state index in [4.69, 9.17) is 18.9 Å². The lowest BCUT2D eigenvalue weighted by Crippen LogP contribution is -2.25. The number of allylic oxidation sites excluding steroid dienone is 1. The number of esters is 2. The summed E-state index contributed by atoms with van der Waals surface area (Å²) in [6.45, 7) is 0.559. The lowest BCUT2D eigenvalue weighted by molar-refractivity contribution is 0.0469. The first-order valence-corrected chi connectivity index (χ1v) is 18.8. The number of carbonyl (C=O) groups is 4. The van der Waals surface area contributed by atoms with E-state index in [2.05, 4.69) is 10.3 Å². The molecule has 0 bridgehead atoms. The van der Waals surface area contributed by atoms with Gasteiger partial charge in [-0.3, -0.25) is 14.6 Å². The molecule has 0 radical (unpaired) electrons. The van der Waals surface area contributed by atoms with Gasteiger partial charge >= 0.3 is 11.9 Å². The maximum Gasteiger partial charge on any atom is 0.343 e. The molecule has 0 saturated heterocycles. The molecule has 0 fully saturated rings. The number of amides is 1. The van der Waals surface area contributed by atoms with Crippen LogP contribution in [0.3, 0.4) is 0 Å². The molecule has 292 valence electrons. The molecule has 1 aliphatic rings. The molecule has 10 nitrogen and oxygen atoms in total. The van der Waals surface area contributed by atoms with Crippen molar-refractivity contribution >= 4 is 29.8 Å². The van der Waals surface area contributed by atoms with Crippen molar-refractivity contribution in [3.05, 3.63) is 226 Å². The molecule has 0 spiro atoms. The zero-order valence-electron chi connectivity index (χ0n) is 31.8. The Morgan fingerprint density at radius 2 is 1.14 bits per heavy atom. The highest BCUT2D eigenvalue weighted by Gasteiger charge is 2.25. The van der Waals surface area contributed by atoms with Crippen LogP contribution in [0.25, 0.3) is 0 Å². The van der Waals surface area contributed by atoms with Crippen LogP contribution in [-0.2, 0) is 29.3 Å². The van der Waals surface area contributed by atoms with Gasteiger partial charge in [-0.25, -0.2) is 9.59 Å². The number of nitrogens with zero attached hydrogens (tertiary/aromatic N) is 1. The van der Waals surface area contributed by atoms with E-state index in [1.54, 1.807) is 48.7 Å². The van der Waals surface area contributed by atoms with E-state index < -0.39 is 23.6 Å². The third-order valence-corrected chi connectivity index (χ3v) is 9.10. The molecule has 0 atom stereocenters. The maximum absolute atomic E-state index is 14.2. The highest BCUT2D eigenvalue weighted by molar-refractivity contribution is 6.16. The lowest BCUT2D eigenvalue weighted by atomic mass is 9.96. The highest BCUT2D eigenvalue weighted by Crippen LogP contribution is 2.28. The van der Waals surface area contributed by atoms with Crippen LogP contribution in [-0.4, -0.2) is 29.8 Å². The molecule has 1 amide bonds. The fourth-order valence-corrected chi connectivity index (χ4v) is 6.00. The normalized spacial score (nSPS) is 11.9. The molecule has 0 unspecified atom stereocenters. The van der Waals surface area contributed by atoms with Crippen LogP contribution in [0.5, 0.6) is 11.5 Å². The van der Waals surface area contributed by atoms with Crippen LogP contribution in [0, 0.1) is 0 Å². The predicted molar refractivity (Wildman–Crippen MR) is 222 cm³/mol. The van der Waals surface area contributed by atoms with Crippen LogP contribution >= 0.6 is 0 Å². The fraction of sp³-hybridized carbons (Fsp3) is 0.0816. The lowest BCUT2D eigenvalue weighted by Gasteiger charge is -2.15. The van der Waals surface area contributed by atoms with E-state index in [-0.39, 0.29) is 52.7 Å². The van der Waals surface area contributed by atoms with E-state index in [0.717, 1.165) is 16.7 Å². The molecule has 0 saturated carbocycles. The maximum atomic E-state index is 14.2. The van der Waals surface area contributed by atoms with Crippen molar-refractivity contribution in [2.75, 3.05) is 0 Å². The minimum absolute atomic E-state index is 0.0143. The Morgan fingerprint density at radius 1 is 0.559 bits per heavy atom. The summed E-state index contributed by atoms with van der Waals surface area (Å²) in [6, 6.07) is 45.7. The number of hydrogen-bond donors (Lipinski definition) is 1. The van der Waals surface area contributed by atoms with Gasteiger partial charge in [0.1, 0.15) is 37.0 Å². The van der Waals surface area contributed by atoms with Gasteiger partial charge in [-0.05, 0) is 71.3 Å². The number of hydrogen-bond acceptors (Lipinski definition) is 9. The van der Waals surface area contributed by atoms with Crippen molar-refractivity contribution in [1.29, 1.82) is 0 Å². The second-order valence-corrected chi connectivity index (χ2v) is 13.2. The summed E-state index contributed by atoms with van der Waals surface area (Å²) in [5, 5.41) is 2.79. The van der Waals surface area contributed by atoms with Crippen LogP contribution in [0.1, 0.15) is 70.1 Å². The second-order valence-electron chi connectivity index (χ2n) is 13.2. The van der Waals surface area contributed by atoms with Gasteiger partial charge in [0.05, 0.1) is 22.9 Å². The van der Waals surface area contributed by atoms with Crippen LogP contribution in [0.15, 0.2) is 186 Å². The van der Waals surface area contributed by atoms with Gasteiger partial charge in [-0.1, -0.05) is 109 Å². The third kappa shape index (κ3) is 10.5. The smallest absolute Gasteiger partial charge is 0.343 e. The topological polar surface area (TPSA) is 130 Å². The number of nitrogens with one attached hydrogen (secondary N) is 1. The Balaban J connectivity index is 1.03. The molecule has 59 heavy (non-hydrogen) atoms. The average Bonchev–Trinajstić information content (AvgIpc) is 3.51.